The molecule has 6 heteroatoms. The van der Waals surface area contributed by atoms with Gasteiger partial charge in [0.2, 0.25) is 0 Å². The Kier molecular flexibility index (Phi) is 6.30. The van der Waals surface area contributed by atoms with Gasteiger partial charge in [-0.25, -0.2) is 0 Å². The van der Waals surface area contributed by atoms with Gasteiger partial charge in [0.25, 0.3) is 0 Å². The molecule has 2 rings (SSSR count). The van der Waals surface area contributed by atoms with E-state index < -0.39 is 0 Å². The number of rotatable bonds is 4. The molecule has 5 nitrogen and oxygen atoms in total. The van der Waals surface area contributed by atoms with Crippen molar-refractivity contribution in [2.75, 3.05) is 41.5 Å². The minimum absolute atomic E-state index is 0. The van der Waals surface area contributed by atoms with E-state index >= 15 is 0 Å². The Labute approximate surface area is 131 Å². The third-order valence-corrected chi connectivity index (χ3v) is 3.72. The molecular weight excluding hydrogens is 294 g/mol. The number of likely N-dealkylation sites (tertiary alicyclic amines) is 1. The van der Waals surface area contributed by atoms with Crippen LogP contribution in [0.4, 0.5) is 0 Å². The van der Waals surface area contributed by atoms with E-state index in [1.807, 2.05) is 11.9 Å². The number of ether oxygens (including phenoxy) is 3. The van der Waals surface area contributed by atoms with Gasteiger partial charge in [-0.1, -0.05) is 0 Å². The van der Waals surface area contributed by atoms with Crippen molar-refractivity contribution in [2.45, 2.75) is 12.3 Å². The molecule has 118 valence electrons. The first-order valence-corrected chi connectivity index (χ1v) is 6.61. The van der Waals surface area contributed by atoms with E-state index in [9.17, 15) is 4.79 Å². The maximum Gasteiger partial charge on any atom is 0.154 e. The lowest BCUT2D eigenvalue weighted by atomic mass is 9.87. The number of ketones is 1. The van der Waals surface area contributed by atoms with Gasteiger partial charge in [0.05, 0.1) is 33.8 Å². The molecule has 1 fully saturated rings. The fourth-order valence-corrected chi connectivity index (χ4v) is 2.65. The Balaban J connectivity index is 0.00000220. The lowest BCUT2D eigenvalue weighted by Gasteiger charge is -2.29. The molecule has 1 aromatic rings. The van der Waals surface area contributed by atoms with E-state index in [1.165, 1.54) is 0 Å². The van der Waals surface area contributed by atoms with Gasteiger partial charge >= 0.3 is 0 Å². The van der Waals surface area contributed by atoms with E-state index in [0.29, 0.717) is 23.8 Å². The predicted octanol–water partition coefficient (Wildman–Crippen LogP) is 2.12. The largest absolute Gasteiger partial charge is 0.496 e. The number of hydrogen-bond donors (Lipinski definition) is 0. The molecule has 0 spiro atoms. The van der Waals surface area contributed by atoms with Crippen LogP contribution in [0.15, 0.2) is 12.1 Å². The van der Waals surface area contributed by atoms with Crippen molar-refractivity contribution in [3.05, 3.63) is 17.7 Å². The number of likely N-dealkylation sites (N-methyl/N-ethyl adjacent to an activating group) is 1. The highest BCUT2D eigenvalue weighted by Crippen LogP contribution is 2.41. The molecular formula is C15H22ClNO4. The Morgan fingerprint density at radius 2 is 1.67 bits per heavy atom. The van der Waals surface area contributed by atoms with Gasteiger partial charge in [-0.05, 0) is 20.0 Å². The highest BCUT2D eigenvalue weighted by atomic mass is 35.5. The van der Waals surface area contributed by atoms with Crippen LogP contribution in [-0.2, 0) is 4.79 Å². The number of carbonyl (C=O) groups is 1. The van der Waals surface area contributed by atoms with Crippen molar-refractivity contribution >= 4 is 18.2 Å². The maximum absolute atomic E-state index is 12.3. The molecule has 1 atom stereocenters. The van der Waals surface area contributed by atoms with Crippen LogP contribution >= 0.6 is 12.4 Å². The average molecular weight is 316 g/mol. The van der Waals surface area contributed by atoms with Crippen molar-refractivity contribution in [3.63, 3.8) is 0 Å². The van der Waals surface area contributed by atoms with Crippen LogP contribution in [0, 0.1) is 0 Å². The number of halogens is 1. The third kappa shape index (κ3) is 3.60. The average Bonchev–Trinajstić information content (AvgIpc) is 2.46. The van der Waals surface area contributed by atoms with Crippen molar-refractivity contribution < 1.29 is 19.0 Å². The molecule has 1 heterocycles. The number of Topliss-reactive ketones (excluding diaryl/α,β-unsaturated/α-hetero) is 1. The summed E-state index contributed by atoms with van der Waals surface area (Å²) in [5.41, 5.74) is 0.828. The summed E-state index contributed by atoms with van der Waals surface area (Å²) >= 11 is 0. The zero-order valence-electron chi connectivity index (χ0n) is 12.8. The van der Waals surface area contributed by atoms with E-state index in [0.717, 1.165) is 18.5 Å². The molecule has 0 N–H and O–H groups in total. The SMILES string of the molecule is COc1cc(OC)c(C2CCN(C)CC2=O)c(OC)c1.Cl. The molecule has 0 saturated carbocycles. The van der Waals surface area contributed by atoms with Crippen LogP contribution in [0.1, 0.15) is 17.9 Å². The number of methoxy groups -OCH3 is 3. The second kappa shape index (κ2) is 7.52. The lowest BCUT2D eigenvalue weighted by molar-refractivity contribution is -0.123. The van der Waals surface area contributed by atoms with E-state index in [1.54, 1.807) is 33.5 Å². The van der Waals surface area contributed by atoms with Crippen molar-refractivity contribution in [2.24, 2.45) is 0 Å². The molecule has 0 amide bonds. The number of piperidine rings is 1. The summed E-state index contributed by atoms with van der Waals surface area (Å²) in [6.45, 7) is 1.34. The van der Waals surface area contributed by atoms with Crippen LogP contribution in [0.3, 0.4) is 0 Å². The Hall–Kier alpha value is -1.46. The molecule has 0 bridgehead atoms. The highest BCUT2D eigenvalue weighted by molar-refractivity contribution is 5.89. The Morgan fingerprint density at radius 3 is 2.10 bits per heavy atom. The molecule has 1 unspecified atom stereocenters. The lowest BCUT2D eigenvalue weighted by Crippen LogP contribution is -2.37. The van der Waals surface area contributed by atoms with E-state index in [-0.39, 0.29) is 24.1 Å². The molecule has 0 aliphatic carbocycles. The zero-order chi connectivity index (χ0) is 14.7. The first kappa shape index (κ1) is 17.6. The fraction of sp³-hybridized carbons (Fsp3) is 0.533. The smallest absolute Gasteiger partial charge is 0.154 e. The normalized spacial score (nSPS) is 18.9. The number of benzene rings is 1. The summed E-state index contributed by atoms with van der Waals surface area (Å²) in [6, 6.07) is 3.59. The Morgan fingerprint density at radius 1 is 1.10 bits per heavy atom. The van der Waals surface area contributed by atoms with E-state index in [4.69, 9.17) is 14.2 Å². The van der Waals surface area contributed by atoms with Gasteiger partial charge < -0.3 is 14.2 Å². The highest BCUT2D eigenvalue weighted by Gasteiger charge is 2.31. The van der Waals surface area contributed by atoms with Crippen molar-refractivity contribution in [1.82, 2.24) is 4.90 Å². The molecule has 0 aromatic heterocycles. The summed E-state index contributed by atoms with van der Waals surface area (Å²) in [6.07, 6.45) is 0.772. The topological polar surface area (TPSA) is 48.0 Å². The molecule has 1 aromatic carbocycles. The minimum atomic E-state index is -0.179. The fourth-order valence-electron chi connectivity index (χ4n) is 2.65. The number of hydrogen-bond acceptors (Lipinski definition) is 5. The summed E-state index contributed by atoms with van der Waals surface area (Å²) in [5.74, 6) is 1.96. The standard InChI is InChI=1S/C15H21NO4.ClH/c1-16-6-5-11(12(17)9-16)15-13(19-3)7-10(18-2)8-14(15)20-4;/h7-8,11H,5-6,9H2,1-4H3;1H. The molecule has 1 saturated heterocycles. The second-order valence-electron chi connectivity index (χ2n) is 4.99. The monoisotopic (exact) mass is 315 g/mol. The van der Waals surface area contributed by atoms with Gasteiger partial charge in [-0.3, -0.25) is 9.69 Å². The van der Waals surface area contributed by atoms with Crippen molar-refractivity contribution in [3.8, 4) is 17.2 Å². The van der Waals surface area contributed by atoms with Gasteiger partial charge in [0.1, 0.15) is 17.2 Å². The van der Waals surface area contributed by atoms with E-state index in [2.05, 4.69) is 0 Å². The summed E-state index contributed by atoms with van der Waals surface area (Å²) in [5, 5.41) is 0. The second-order valence-corrected chi connectivity index (χ2v) is 4.99. The van der Waals surface area contributed by atoms with Crippen molar-refractivity contribution in [1.29, 1.82) is 0 Å². The third-order valence-electron chi connectivity index (χ3n) is 3.72. The predicted molar refractivity (Wildman–Crippen MR) is 83.2 cm³/mol. The first-order valence-electron chi connectivity index (χ1n) is 6.61. The number of carbonyl (C=O) groups excluding carboxylic acids is 1. The summed E-state index contributed by atoms with van der Waals surface area (Å²) in [4.78, 5) is 14.3. The van der Waals surface area contributed by atoms with Crippen LogP contribution < -0.4 is 14.2 Å². The number of nitrogens with zero attached hydrogens (tertiary/aromatic N) is 1. The summed E-state index contributed by atoms with van der Waals surface area (Å²) < 4.78 is 16.1. The van der Waals surface area contributed by atoms with Crippen LogP contribution in [0.25, 0.3) is 0 Å². The maximum atomic E-state index is 12.3. The summed E-state index contributed by atoms with van der Waals surface area (Å²) in [7, 11) is 6.74. The zero-order valence-corrected chi connectivity index (χ0v) is 13.7. The van der Waals surface area contributed by atoms with Gasteiger partial charge in [0.15, 0.2) is 5.78 Å². The quantitative estimate of drug-likeness (QED) is 0.852. The molecule has 1 aliphatic heterocycles. The van der Waals surface area contributed by atoms with Gasteiger partial charge in [0, 0.05) is 17.7 Å². The molecule has 0 radical (unpaired) electrons. The first-order chi connectivity index (χ1) is 9.60. The molecule has 21 heavy (non-hydrogen) atoms. The van der Waals surface area contributed by atoms with Crippen LogP contribution in [-0.4, -0.2) is 52.1 Å². The van der Waals surface area contributed by atoms with Gasteiger partial charge in [-0.15, -0.1) is 12.4 Å². The van der Waals surface area contributed by atoms with Gasteiger partial charge in [-0.2, -0.15) is 0 Å². The van der Waals surface area contributed by atoms with Crippen LogP contribution in [0.5, 0.6) is 17.2 Å². The molecule has 1 aliphatic rings. The van der Waals surface area contributed by atoms with Crippen LogP contribution in [0.2, 0.25) is 0 Å². The minimum Gasteiger partial charge on any atom is -0.496 e. The Bertz CT molecular complexity index is 481.